The number of carbonyl (C=O) groups is 2. The predicted octanol–water partition coefficient (Wildman–Crippen LogP) is 3.42. The first kappa shape index (κ1) is 20.2. The summed E-state index contributed by atoms with van der Waals surface area (Å²) in [7, 11) is 3.37. The number of non-ortho nitro benzene ring substituents is 1. The summed E-state index contributed by atoms with van der Waals surface area (Å²) in [4.78, 5) is 36.4. The van der Waals surface area contributed by atoms with Crippen LogP contribution in [0.4, 0.5) is 17.1 Å². The van der Waals surface area contributed by atoms with Gasteiger partial charge in [0.15, 0.2) is 6.61 Å². The van der Waals surface area contributed by atoms with Crippen molar-refractivity contribution in [2.45, 2.75) is 6.92 Å². The Morgan fingerprint density at radius 3 is 2.59 bits per heavy atom. The molecule has 0 unspecified atom stereocenters. The van der Waals surface area contributed by atoms with Gasteiger partial charge in [0.05, 0.1) is 16.2 Å². The molecule has 0 fully saturated rings. The lowest BCUT2D eigenvalue weighted by Gasteiger charge is -2.16. The van der Waals surface area contributed by atoms with Gasteiger partial charge in [-0.15, -0.1) is 0 Å². The molecule has 2 aromatic rings. The van der Waals surface area contributed by atoms with Gasteiger partial charge in [0.1, 0.15) is 0 Å². The molecule has 0 bridgehead atoms. The van der Waals surface area contributed by atoms with Crippen molar-refractivity contribution in [3.63, 3.8) is 0 Å². The topological polar surface area (TPSA) is 102 Å². The van der Waals surface area contributed by atoms with E-state index in [1.165, 1.54) is 12.1 Å². The third kappa shape index (κ3) is 4.95. The monoisotopic (exact) mass is 391 g/mol. The summed E-state index contributed by atoms with van der Waals surface area (Å²) < 4.78 is 5.02. The predicted molar refractivity (Wildman–Crippen MR) is 103 cm³/mol. The highest BCUT2D eigenvalue weighted by Gasteiger charge is 2.20. The molecule has 1 amide bonds. The Hall–Kier alpha value is -3.13. The lowest BCUT2D eigenvalue weighted by Crippen LogP contribution is -2.22. The van der Waals surface area contributed by atoms with Crippen molar-refractivity contribution in [3.8, 4) is 0 Å². The van der Waals surface area contributed by atoms with Gasteiger partial charge in [-0.3, -0.25) is 14.9 Å². The number of carbonyl (C=O) groups excluding carboxylic acids is 2. The van der Waals surface area contributed by atoms with Crippen LogP contribution in [0, 0.1) is 17.0 Å². The van der Waals surface area contributed by atoms with Crippen LogP contribution in [0.15, 0.2) is 36.4 Å². The first-order valence-electron chi connectivity index (χ1n) is 7.88. The van der Waals surface area contributed by atoms with Gasteiger partial charge in [-0.05, 0) is 30.7 Å². The Labute approximate surface area is 160 Å². The number of benzene rings is 2. The normalized spacial score (nSPS) is 10.2. The third-order valence-electron chi connectivity index (χ3n) is 3.77. The van der Waals surface area contributed by atoms with Crippen molar-refractivity contribution in [3.05, 3.63) is 62.7 Å². The molecular weight excluding hydrogens is 374 g/mol. The molecule has 2 aromatic carbocycles. The van der Waals surface area contributed by atoms with E-state index < -0.39 is 23.4 Å². The van der Waals surface area contributed by atoms with E-state index in [1.54, 1.807) is 44.1 Å². The molecule has 9 heteroatoms. The standard InChI is InChI=1S/C18H18ClN3O5/c1-11-14(19)5-4-6-15(11)20-17(23)10-27-18(24)13-9-12(22(25)26)7-8-16(13)21(2)3/h4-9H,10H2,1-3H3,(H,20,23). The number of nitrogens with one attached hydrogen (secondary N) is 1. The summed E-state index contributed by atoms with van der Waals surface area (Å²) in [6.07, 6.45) is 0. The number of ether oxygens (including phenoxy) is 1. The fourth-order valence-electron chi connectivity index (χ4n) is 2.33. The fraction of sp³-hybridized carbons (Fsp3) is 0.222. The zero-order valence-corrected chi connectivity index (χ0v) is 15.7. The maximum atomic E-state index is 12.4. The minimum Gasteiger partial charge on any atom is -0.452 e. The fourth-order valence-corrected chi connectivity index (χ4v) is 2.50. The van der Waals surface area contributed by atoms with Crippen molar-refractivity contribution >= 4 is 40.5 Å². The number of anilines is 2. The van der Waals surface area contributed by atoms with Gasteiger partial charge < -0.3 is 15.0 Å². The van der Waals surface area contributed by atoms with E-state index in [4.69, 9.17) is 16.3 Å². The van der Waals surface area contributed by atoms with E-state index in [2.05, 4.69) is 5.32 Å². The smallest absolute Gasteiger partial charge is 0.341 e. The molecule has 0 heterocycles. The quantitative estimate of drug-likeness (QED) is 0.460. The molecule has 0 radical (unpaired) electrons. The molecule has 2 rings (SSSR count). The summed E-state index contributed by atoms with van der Waals surface area (Å²) in [6.45, 7) is 1.21. The minimum atomic E-state index is -0.833. The lowest BCUT2D eigenvalue weighted by molar-refractivity contribution is -0.384. The van der Waals surface area contributed by atoms with Crippen LogP contribution in [0.3, 0.4) is 0 Å². The Morgan fingerprint density at radius 2 is 1.96 bits per heavy atom. The number of hydrogen-bond acceptors (Lipinski definition) is 6. The van der Waals surface area contributed by atoms with E-state index in [-0.39, 0.29) is 11.3 Å². The Morgan fingerprint density at radius 1 is 1.26 bits per heavy atom. The van der Waals surface area contributed by atoms with Crippen LogP contribution in [0.1, 0.15) is 15.9 Å². The molecule has 0 spiro atoms. The Bertz CT molecular complexity index is 899. The molecule has 0 aromatic heterocycles. The highest BCUT2D eigenvalue weighted by atomic mass is 35.5. The van der Waals surface area contributed by atoms with Gasteiger partial charge in [0.2, 0.25) is 0 Å². The summed E-state index contributed by atoms with van der Waals surface area (Å²) in [6, 6.07) is 8.91. The largest absolute Gasteiger partial charge is 0.452 e. The highest BCUT2D eigenvalue weighted by Crippen LogP contribution is 2.25. The number of nitrogens with zero attached hydrogens (tertiary/aromatic N) is 2. The van der Waals surface area contributed by atoms with Crippen LogP contribution in [0.25, 0.3) is 0 Å². The SMILES string of the molecule is Cc1c(Cl)cccc1NC(=O)COC(=O)c1cc([N+](=O)[O-])ccc1N(C)C. The number of hydrogen-bond donors (Lipinski definition) is 1. The van der Waals surface area contributed by atoms with E-state index >= 15 is 0 Å². The molecular formula is C18H18ClN3O5. The Kier molecular flexibility index (Phi) is 6.36. The highest BCUT2D eigenvalue weighted by molar-refractivity contribution is 6.31. The maximum Gasteiger partial charge on any atom is 0.341 e. The minimum absolute atomic E-state index is 0.000867. The van der Waals surface area contributed by atoms with Crippen LogP contribution in [0.2, 0.25) is 5.02 Å². The lowest BCUT2D eigenvalue weighted by atomic mass is 10.1. The number of nitro benzene ring substituents is 1. The summed E-state index contributed by atoms with van der Waals surface area (Å²) in [5.41, 5.74) is 1.39. The molecule has 8 nitrogen and oxygen atoms in total. The van der Waals surface area contributed by atoms with Crippen LogP contribution in [-0.4, -0.2) is 37.5 Å². The first-order valence-corrected chi connectivity index (χ1v) is 8.26. The van der Waals surface area contributed by atoms with Crippen molar-refractivity contribution in [2.75, 3.05) is 30.9 Å². The maximum absolute atomic E-state index is 12.4. The second-order valence-electron chi connectivity index (χ2n) is 5.89. The van der Waals surface area contributed by atoms with Gasteiger partial charge in [-0.2, -0.15) is 0 Å². The average Bonchev–Trinajstić information content (AvgIpc) is 2.62. The molecule has 0 saturated heterocycles. The zero-order chi connectivity index (χ0) is 20.1. The van der Waals surface area contributed by atoms with E-state index in [0.717, 1.165) is 6.07 Å². The summed E-state index contributed by atoms with van der Waals surface area (Å²) in [5, 5.41) is 14.1. The molecule has 0 atom stereocenters. The van der Waals surface area contributed by atoms with Crippen LogP contribution in [-0.2, 0) is 9.53 Å². The molecule has 142 valence electrons. The van der Waals surface area contributed by atoms with Crippen molar-refractivity contribution in [1.29, 1.82) is 0 Å². The van der Waals surface area contributed by atoms with Gasteiger partial charge in [-0.25, -0.2) is 4.79 Å². The number of rotatable bonds is 6. The Balaban J connectivity index is 2.10. The molecule has 1 N–H and O–H groups in total. The number of amides is 1. The van der Waals surface area contributed by atoms with Crippen molar-refractivity contribution < 1.29 is 19.2 Å². The first-order chi connectivity index (χ1) is 12.7. The molecule has 0 saturated carbocycles. The van der Waals surface area contributed by atoms with Crippen molar-refractivity contribution in [2.24, 2.45) is 0 Å². The van der Waals surface area contributed by atoms with Gasteiger partial charge in [-0.1, -0.05) is 17.7 Å². The van der Waals surface area contributed by atoms with Crippen LogP contribution >= 0.6 is 11.6 Å². The number of esters is 1. The van der Waals surface area contributed by atoms with E-state index in [0.29, 0.717) is 22.0 Å². The number of halogens is 1. The second-order valence-corrected chi connectivity index (χ2v) is 6.30. The van der Waals surface area contributed by atoms with E-state index in [9.17, 15) is 19.7 Å². The van der Waals surface area contributed by atoms with E-state index in [1.807, 2.05) is 0 Å². The summed E-state index contributed by atoms with van der Waals surface area (Å²) in [5.74, 6) is -1.38. The second kappa shape index (κ2) is 8.50. The molecule has 27 heavy (non-hydrogen) atoms. The van der Waals surface area contributed by atoms with Gasteiger partial charge in [0.25, 0.3) is 11.6 Å². The average molecular weight is 392 g/mol. The molecule has 0 aliphatic rings. The molecule has 0 aliphatic heterocycles. The third-order valence-corrected chi connectivity index (χ3v) is 4.18. The van der Waals surface area contributed by atoms with Crippen LogP contribution in [0.5, 0.6) is 0 Å². The summed E-state index contributed by atoms with van der Waals surface area (Å²) >= 11 is 6.00. The number of nitro groups is 1. The van der Waals surface area contributed by atoms with Crippen LogP contribution < -0.4 is 10.2 Å². The van der Waals surface area contributed by atoms with Gasteiger partial charge >= 0.3 is 5.97 Å². The van der Waals surface area contributed by atoms with Gasteiger partial charge in [0, 0.05) is 36.9 Å². The molecule has 0 aliphatic carbocycles. The van der Waals surface area contributed by atoms with Crippen molar-refractivity contribution in [1.82, 2.24) is 0 Å². The zero-order valence-electron chi connectivity index (χ0n) is 15.0.